The lowest BCUT2D eigenvalue weighted by Gasteiger charge is -2.08. The second-order valence-electron chi connectivity index (χ2n) is 3.88. The lowest BCUT2D eigenvalue weighted by molar-refractivity contribution is 0.0608. The molecule has 0 aromatic heterocycles. The largest absolute Gasteiger partial charge is 0.378 e. The van der Waals surface area contributed by atoms with Gasteiger partial charge in [-0.25, -0.2) is 0 Å². The van der Waals surface area contributed by atoms with Gasteiger partial charge in [-0.15, -0.1) is 5.92 Å². The number of ether oxygens (including phenoxy) is 2. The Hall–Kier alpha value is -0.560. The number of unbranched alkanes of at least 4 members (excludes halogenated alkanes) is 1. The minimum Gasteiger partial charge on any atom is -0.378 e. The molecule has 0 aliphatic rings. The predicted octanol–water partition coefficient (Wildman–Crippen LogP) is 1.82. The van der Waals surface area contributed by atoms with Gasteiger partial charge >= 0.3 is 0 Å². The molecular formula is C13H25NO2. The Morgan fingerprint density at radius 2 is 1.81 bits per heavy atom. The van der Waals surface area contributed by atoms with Crippen LogP contribution in [0.5, 0.6) is 0 Å². The van der Waals surface area contributed by atoms with E-state index in [1.165, 1.54) is 0 Å². The van der Waals surface area contributed by atoms with Crippen molar-refractivity contribution >= 4 is 0 Å². The number of hydrogen-bond donors (Lipinski definition) is 1. The van der Waals surface area contributed by atoms with E-state index < -0.39 is 0 Å². The Morgan fingerprint density at radius 3 is 2.50 bits per heavy atom. The van der Waals surface area contributed by atoms with Gasteiger partial charge in [-0.3, -0.25) is 0 Å². The molecule has 0 fully saturated rings. The first kappa shape index (κ1) is 15.4. The summed E-state index contributed by atoms with van der Waals surface area (Å²) in [6, 6.07) is 0.522. The van der Waals surface area contributed by atoms with Crippen molar-refractivity contribution in [3.63, 3.8) is 0 Å². The first-order chi connectivity index (χ1) is 7.77. The van der Waals surface area contributed by atoms with E-state index in [-0.39, 0.29) is 0 Å². The molecule has 0 rings (SSSR count). The van der Waals surface area contributed by atoms with Crippen molar-refractivity contribution < 1.29 is 9.47 Å². The van der Waals surface area contributed by atoms with Crippen LogP contribution in [0, 0.1) is 11.8 Å². The monoisotopic (exact) mass is 227 g/mol. The van der Waals surface area contributed by atoms with Crippen molar-refractivity contribution in [2.75, 3.05) is 33.0 Å². The first-order valence-electron chi connectivity index (χ1n) is 6.12. The fraction of sp³-hybridized carbons (Fsp3) is 0.846. The fourth-order valence-electron chi connectivity index (χ4n) is 1.03. The summed E-state index contributed by atoms with van der Waals surface area (Å²) in [5.41, 5.74) is 0. The highest BCUT2D eigenvalue weighted by atomic mass is 16.5. The SMILES string of the molecule is CCCC#CCOCCOCCNC(C)C. The molecule has 0 bridgehead atoms. The normalized spacial score (nSPS) is 10.2. The summed E-state index contributed by atoms with van der Waals surface area (Å²) in [5, 5.41) is 3.28. The standard InChI is InChI=1S/C13H25NO2/c1-4-5-6-7-9-15-11-12-16-10-8-14-13(2)3/h13-14H,4-5,8-12H2,1-3H3. The maximum absolute atomic E-state index is 5.38. The Labute approximate surface area is 99.9 Å². The molecule has 0 unspecified atom stereocenters. The molecule has 3 heteroatoms. The predicted molar refractivity (Wildman–Crippen MR) is 67.5 cm³/mol. The minimum absolute atomic E-state index is 0.521. The molecule has 0 atom stereocenters. The van der Waals surface area contributed by atoms with Crippen molar-refractivity contribution in [3.8, 4) is 11.8 Å². The van der Waals surface area contributed by atoms with Gasteiger partial charge < -0.3 is 14.8 Å². The van der Waals surface area contributed by atoms with Gasteiger partial charge in [-0.05, 0) is 6.42 Å². The maximum atomic E-state index is 5.38. The van der Waals surface area contributed by atoms with Crippen LogP contribution in [0.4, 0.5) is 0 Å². The minimum atomic E-state index is 0.521. The topological polar surface area (TPSA) is 30.5 Å². The molecule has 0 saturated carbocycles. The molecule has 0 aliphatic carbocycles. The highest BCUT2D eigenvalue weighted by Crippen LogP contribution is 1.82. The molecule has 0 aliphatic heterocycles. The summed E-state index contributed by atoms with van der Waals surface area (Å²) in [6.45, 7) is 9.80. The van der Waals surface area contributed by atoms with Crippen LogP contribution in [0.1, 0.15) is 33.6 Å². The zero-order valence-corrected chi connectivity index (χ0v) is 10.8. The smallest absolute Gasteiger partial charge is 0.107 e. The molecule has 3 nitrogen and oxygen atoms in total. The summed E-state index contributed by atoms with van der Waals surface area (Å²) in [4.78, 5) is 0. The second kappa shape index (κ2) is 12.5. The zero-order valence-electron chi connectivity index (χ0n) is 10.8. The van der Waals surface area contributed by atoms with Crippen LogP contribution < -0.4 is 5.32 Å². The van der Waals surface area contributed by atoms with E-state index in [9.17, 15) is 0 Å². The van der Waals surface area contributed by atoms with E-state index in [4.69, 9.17) is 9.47 Å². The lowest BCUT2D eigenvalue weighted by Crippen LogP contribution is -2.27. The highest BCUT2D eigenvalue weighted by Gasteiger charge is 1.91. The quantitative estimate of drug-likeness (QED) is 0.481. The molecule has 94 valence electrons. The van der Waals surface area contributed by atoms with Crippen LogP contribution in [0.2, 0.25) is 0 Å². The second-order valence-corrected chi connectivity index (χ2v) is 3.88. The van der Waals surface area contributed by atoms with Gasteiger partial charge in [-0.1, -0.05) is 26.7 Å². The van der Waals surface area contributed by atoms with Gasteiger partial charge in [0, 0.05) is 19.0 Å². The van der Waals surface area contributed by atoms with Crippen molar-refractivity contribution in [3.05, 3.63) is 0 Å². The third-order valence-corrected chi connectivity index (χ3v) is 1.85. The first-order valence-corrected chi connectivity index (χ1v) is 6.12. The van der Waals surface area contributed by atoms with Crippen LogP contribution in [0.15, 0.2) is 0 Å². The molecule has 0 aromatic rings. The summed E-state index contributed by atoms with van der Waals surface area (Å²) in [6.07, 6.45) is 2.07. The third-order valence-electron chi connectivity index (χ3n) is 1.85. The van der Waals surface area contributed by atoms with E-state index in [1.54, 1.807) is 0 Å². The van der Waals surface area contributed by atoms with E-state index in [1.807, 2.05) is 0 Å². The lowest BCUT2D eigenvalue weighted by atomic mass is 10.3. The van der Waals surface area contributed by atoms with Crippen molar-refractivity contribution in [1.29, 1.82) is 0 Å². The Kier molecular flexibility index (Phi) is 12.1. The molecular weight excluding hydrogens is 202 g/mol. The third kappa shape index (κ3) is 13.4. The molecule has 1 N–H and O–H groups in total. The Bertz CT molecular complexity index is 194. The molecule has 0 spiro atoms. The van der Waals surface area contributed by atoms with Crippen molar-refractivity contribution in [2.24, 2.45) is 0 Å². The zero-order chi connectivity index (χ0) is 12.1. The van der Waals surface area contributed by atoms with E-state index >= 15 is 0 Å². The van der Waals surface area contributed by atoms with Gasteiger partial charge in [0.05, 0.1) is 19.8 Å². The molecule has 0 radical (unpaired) electrons. The maximum Gasteiger partial charge on any atom is 0.107 e. The Balaban J connectivity index is 3.02. The van der Waals surface area contributed by atoms with Gasteiger partial charge in [0.15, 0.2) is 0 Å². The van der Waals surface area contributed by atoms with Crippen LogP contribution in [0.25, 0.3) is 0 Å². The number of rotatable bonds is 9. The molecule has 0 heterocycles. The van der Waals surface area contributed by atoms with Crippen molar-refractivity contribution in [2.45, 2.75) is 39.7 Å². The summed E-state index contributed by atoms with van der Waals surface area (Å²) in [5.74, 6) is 6.00. The average Bonchev–Trinajstić information content (AvgIpc) is 2.25. The van der Waals surface area contributed by atoms with E-state index in [2.05, 4.69) is 37.9 Å². The summed E-state index contributed by atoms with van der Waals surface area (Å²) in [7, 11) is 0. The Morgan fingerprint density at radius 1 is 1.06 bits per heavy atom. The molecule has 0 saturated heterocycles. The highest BCUT2D eigenvalue weighted by molar-refractivity contribution is 4.98. The molecule has 0 aromatic carbocycles. The number of nitrogens with one attached hydrogen (secondary N) is 1. The summed E-state index contributed by atoms with van der Waals surface area (Å²) >= 11 is 0. The van der Waals surface area contributed by atoms with Crippen LogP contribution in [-0.2, 0) is 9.47 Å². The van der Waals surface area contributed by atoms with Crippen LogP contribution >= 0.6 is 0 Å². The fourth-order valence-corrected chi connectivity index (χ4v) is 1.03. The number of hydrogen-bond acceptors (Lipinski definition) is 3. The van der Waals surface area contributed by atoms with Crippen LogP contribution in [-0.4, -0.2) is 39.0 Å². The van der Waals surface area contributed by atoms with Crippen molar-refractivity contribution in [1.82, 2.24) is 5.32 Å². The summed E-state index contributed by atoms with van der Waals surface area (Å²) < 4.78 is 10.7. The van der Waals surface area contributed by atoms with E-state index in [0.29, 0.717) is 25.9 Å². The van der Waals surface area contributed by atoms with Gasteiger partial charge in [0.1, 0.15) is 6.61 Å². The van der Waals surface area contributed by atoms with Gasteiger partial charge in [0.2, 0.25) is 0 Å². The van der Waals surface area contributed by atoms with Gasteiger partial charge in [-0.2, -0.15) is 0 Å². The van der Waals surface area contributed by atoms with Gasteiger partial charge in [0.25, 0.3) is 0 Å². The van der Waals surface area contributed by atoms with E-state index in [0.717, 1.165) is 26.0 Å². The molecule has 0 amide bonds. The van der Waals surface area contributed by atoms with Crippen LogP contribution in [0.3, 0.4) is 0 Å². The average molecular weight is 227 g/mol. The molecule has 16 heavy (non-hydrogen) atoms.